The molecule has 0 radical (unpaired) electrons. The third kappa shape index (κ3) is 6.70. The van der Waals surface area contributed by atoms with E-state index < -0.39 is 0 Å². The smallest absolute Gasteiger partial charge is 0.238 e. The van der Waals surface area contributed by atoms with Crippen LogP contribution in [0.1, 0.15) is 0 Å². The van der Waals surface area contributed by atoms with Crippen molar-refractivity contribution in [2.24, 2.45) is 0 Å². The molecule has 9 aromatic carbocycles. The first kappa shape index (κ1) is 39.0. The number of benzene rings is 9. The maximum Gasteiger partial charge on any atom is 0.238 e. The van der Waals surface area contributed by atoms with E-state index in [4.69, 9.17) is 29.9 Å². The van der Waals surface area contributed by atoms with Crippen LogP contribution in [0.15, 0.2) is 231 Å². The van der Waals surface area contributed by atoms with Gasteiger partial charge in [0.05, 0.1) is 22.1 Å². The summed E-state index contributed by atoms with van der Waals surface area (Å²) < 4.78 is 4.62. The van der Waals surface area contributed by atoms with E-state index in [0.717, 1.165) is 82.7 Å². The number of fused-ring (bicyclic) bond motifs is 7. The number of hydrogen-bond acceptors (Lipinski definition) is 6. The predicted octanol–water partition coefficient (Wildman–Crippen LogP) is 14.3. The van der Waals surface area contributed by atoms with Crippen LogP contribution in [0.25, 0.3) is 123 Å². The lowest BCUT2D eigenvalue weighted by Gasteiger charge is -2.14. The van der Waals surface area contributed by atoms with E-state index in [1.165, 1.54) is 5.56 Å². The number of nitrogens with zero attached hydrogens (tertiary/aromatic N) is 8. The normalized spacial score (nSPS) is 11.5. The highest BCUT2D eigenvalue weighted by Crippen LogP contribution is 2.42. The summed E-state index contributed by atoms with van der Waals surface area (Å²) in [6, 6.07) is 79.4. The molecule has 0 N–H and O–H groups in total. The lowest BCUT2D eigenvalue weighted by Crippen LogP contribution is -2.07. The van der Waals surface area contributed by atoms with Crippen LogP contribution in [-0.2, 0) is 0 Å². The van der Waals surface area contributed by atoms with Crippen molar-refractivity contribution in [1.82, 2.24) is 39.0 Å². The first-order valence-corrected chi connectivity index (χ1v) is 22.6. The van der Waals surface area contributed by atoms with Gasteiger partial charge in [0.1, 0.15) is 0 Å². The summed E-state index contributed by atoms with van der Waals surface area (Å²) in [6.45, 7) is 0. The average molecular weight is 871 g/mol. The molecule has 0 aliphatic rings. The minimum Gasteiger partial charge on any atom is -0.307 e. The summed E-state index contributed by atoms with van der Waals surface area (Å²) in [5, 5.41) is 4.50. The Morgan fingerprint density at radius 3 is 1.09 bits per heavy atom. The average Bonchev–Trinajstić information content (AvgIpc) is 3.95. The number of para-hydroxylation sites is 2. The molecule has 318 valence electrons. The van der Waals surface area contributed by atoms with Gasteiger partial charge in [-0.25, -0.2) is 19.9 Å². The lowest BCUT2D eigenvalue weighted by atomic mass is 10.1. The third-order valence-corrected chi connectivity index (χ3v) is 12.6. The van der Waals surface area contributed by atoms with E-state index in [1.807, 2.05) is 109 Å². The standard InChI is InChI=1S/C60H38N8/c1-5-18-39(19-6-1)40-32-34-46(35-33-40)67-51-30-15-13-28-47(51)49-36-37-50-48-29-14-16-31-52(48)68(54(50)53(49)67)60-65-57(43-24-11-4-12-25-43)64-59(66-60)45-27-17-26-44(38-45)58-62-55(41-20-7-2-8-21-41)61-56(63-58)42-22-9-3-10-23-42/h1-38H. The molecular formula is C60H38N8. The molecule has 0 unspecified atom stereocenters. The summed E-state index contributed by atoms with van der Waals surface area (Å²) in [7, 11) is 0. The number of rotatable bonds is 8. The first-order chi connectivity index (χ1) is 33.7. The van der Waals surface area contributed by atoms with Gasteiger partial charge in [0.15, 0.2) is 29.1 Å². The summed E-state index contributed by atoms with van der Waals surface area (Å²) in [5.74, 6) is 3.32. The zero-order chi connectivity index (χ0) is 45.0. The van der Waals surface area contributed by atoms with E-state index in [1.54, 1.807) is 0 Å². The first-order valence-electron chi connectivity index (χ1n) is 22.6. The summed E-state index contributed by atoms with van der Waals surface area (Å²) in [6.07, 6.45) is 0. The molecule has 0 aliphatic heterocycles. The van der Waals surface area contributed by atoms with E-state index in [0.29, 0.717) is 35.1 Å². The van der Waals surface area contributed by atoms with E-state index in [-0.39, 0.29) is 0 Å². The fraction of sp³-hybridized carbons (Fsp3) is 0. The molecule has 4 heterocycles. The fourth-order valence-electron chi connectivity index (χ4n) is 9.46. The van der Waals surface area contributed by atoms with Gasteiger partial charge in [-0.3, -0.25) is 4.57 Å². The van der Waals surface area contributed by atoms with E-state index >= 15 is 0 Å². The fourth-order valence-corrected chi connectivity index (χ4v) is 9.46. The van der Waals surface area contributed by atoms with Crippen LogP contribution >= 0.6 is 0 Å². The Kier molecular flexibility index (Phi) is 9.31. The topological polar surface area (TPSA) is 87.2 Å². The molecule has 68 heavy (non-hydrogen) atoms. The van der Waals surface area contributed by atoms with Crippen molar-refractivity contribution in [1.29, 1.82) is 0 Å². The van der Waals surface area contributed by atoms with Gasteiger partial charge < -0.3 is 4.57 Å². The van der Waals surface area contributed by atoms with Gasteiger partial charge in [0.25, 0.3) is 0 Å². The highest BCUT2D eigenvalue weighted by atomic mass is 15.2. The molecule has 0 saturated heterocycles. The summed E-state index contributed by atoms with van der Waals surface area (Å²) >= 11 is 0. The van der Waals surface area contributed by atoms with Crippen LogP contribution < -0.4 is 0 Å². The zero-order valence-corrected chi connectivity index (χ0v) is 36.5. The van der Waals surface area contributed by atoms with Crippen molar-refractivity contribution in [3.8, 4) is 79.7 Å². The molecular weight excluding hydrogens is 833 g/mol. The molecule has 13 aromatic rings. The number of aromatic nitrogens is 8. The van der Waals surface area contributed by atoms with Crippen LogP contribution in [0.2, 0.25) is 0 Å². The highest BCUT2D eigenvalue weighted by Gasteiger charge is 2.24. The second-order valence-electron chi connectivity index (χ2n) is 16.7. The Morgan fingerprint density at radius 1 is 0.235 bits per heavy atom. The van der Waals surface area contributed by atoms with E-state index in [9.17, 15) is 0 Å². The van der Waals surface area contributed by atoms with Crippen LogP contribution in [0.3, 0.4) is 0 Å². The maximum atomic E-state index is 5.42. The van der Waals surface area contributed by atoms with Crippen LogP contribution in [0, 0.1) is 0 Å². The van der Waals surface area contributed by atoms with Gasteiger partial charge in [0.2, 0.25) is 5.95 Å². The minimum absolute atomic E-state index is 0.507. The quantitative estimate of drug-likeness (QED) is 0.151. The predicted molar refractivity (Wildman–Crippen MR) is 275 cm³/mol. The largest absolute Gasteiger partial charge is 0.307 e. The molecule has 0 bridgehead atoms. The van der Waals surface area contributed by atoms with Gasteiger partial charge in [-0.2, -0.15) is 9.97 Å². The Labute approximate surface area is 391 Å². The molecule has 0 aliphatic carbocycles. The van der Waals surface area contributed by atoms with Crippen molar-refractivity contribution in [3.05, 3.63) is 231 Å². The molecule has 0 amide bonds. The molecule has 4 aromatic heterocycles. The van der Waals surface area contributed by atoms with Gasteiger partial charge in [-0.1, -0.05) is 200 Å². The monoisotopic (exact) mass is 870 g/mol. The minimum atomic E-state index is 0.507. The second-order valence-corrected chi connectivity index (χ2v) is 16.7. The molecule has 8 heteroatoms. The van der Waals surface area contributed by atoms with Crippen molar-refractivity contribution in [2.75, 3.05) is 0 Å². The zero-order valence-electron chi connectivity index (χ0n) is 36.5. The van der Waals surface area contributed by atoms with Gasteiger partial charge in [-0.05, 0) is 41.5 Å². The van der Waals surface area contributed by atoms with Gasteiger partial charge >= 0.3 is 0 Å². The Hall–Kier alpha value is -9.40. The second kappa shape index (κ2) is 16.2. The molecule has 0 saturated carbocycles. The van der Waals surface area contributed by atoms with E-state index in [2.05, 4.69) is 130 Å². The lowest BCUT2D eigenvalue weighted by molar-refractivity contribution is 0.953. The Bertz CT molecular complexity index is 3940. The SMILES string of the molecule is c1ccc(-c2ccc(-n3c4ccccc4c4ccc5c6ccccc6n(-c6nc(-c7ccccc7)nc(-c7cccc(-c8nc(-c9ccccc9)nc(-c9ccccc9)n8)c7)n6)c5c43)cc2)cc1. The molecule has 0 spiro atoms. The summed E-state index contributed by atoms with van der Waals surface area (Å²) in [5.41, 5.74) is 11.9. The van der Waals surface area contributed by atoms with Crippen LogP contribution in [0.4, 0.5) is 0 Å². The maximum absolute atomic E-state index is 5.42. The van der Waals surface area contributed by atoms with Gasteiger partial charge in [-0.15, -0.1) is 0 Å². The van der Waals surface area contributed by atoms with Crippen molar-refractivity contribution in [2.45, 2.75) is 0 Å². The summed E-state index contributed by atoms with van der Waals surface area (Å²) in [4.78, 5) is 31.0. The van der Waals surface area contributed by atoms with Crippen molar-refractivity contribution >= 4 is 43.6 Å². The molecule has 0 atom stereocenters. The molecule has 0 fully saturated rings. The van der Waals surface area contributed by atoms with Crippen molar-refractivity contribution < 1.29 is 0 Å². The Balaban J connectivity index is 1.05. The van der Waals surface area contributed by atoms with Crippen LogP contribution in [-0.4, -0.2) is 39.0 Å². The van der Waals surface area contributed by atoms with Crippen LogP contribution in [0.5, 0.6) is 0 Å². The molecule has 8 nitrogen and oxygen atoms in total. The number of hydrogen-bond donors (Lipinski definition) is 0. The van der Waals surface area contributed by atoms with Crippen molar-refractivity contribution in [3.63, 3.8) is 0 Å². The van der Waals surface area contributed by atoms with Gasteiger partial charge in [0, 0.05) is 55.0 Å². The highest BCUT2D eigenvalue weighted by molar-refractivity contribution is 6.23. The molecule has 13 rings (SSSR count). The Morgan fingerprint density at radius 2 is 0.588 bits per heavy atom. The third-order valence-electron chi connectivity index (χ3n) is 12.6.